The Hall–Kier alpha value is -1.80. The van der Waals surface area contributed by atoms with Crippen LogP contribution in [0.1, 0.15) is 11.6 Å². The third-order valence-electron chi connectivity index (χ3n) is 4.63. The summed E-state index contributed by atoms with van der Waals surface area (Å²) < 4.78 is 33.8. The van der Waals surface area contributed by atoms with Crippen molar-refractivity contribution in [1.29, 1.82) is 0 Å². The maximum absolute atomic E-state index is 13.4. The average Bonchev–Trinajstić information content (AvgIpc) is 2.68. The highest BCUT2D eigenvalue weighted by molar-refractivity contribution is 7.89. The van der Waals surface area contributed by atoms with Crippen molar-refractivity contribution in [1.82, 2.24) is 9.62 Å². The minimum atomic E-state index is -3.63. The lowest BCUT2D eigenvalue weighted by Crippen LogP contribution is -2.48. The van der Waals surface area contributed by atoms with Gasteiger partial charge in [-0.1, -0.05) is 24.3 Å². The lowest BCUT2D eigenvalue weighted by Gasteiger charge is -2.36. The Morgan fingerprint density at radius 3 is 2.59 bits per heavy atom. The number of rotatable bonds is 5. The van der Waals surface area contributed by atoms with E-state index in [9.17, 15) is 8.42 Å². The zero-order valence-electron chi connectivity index (χ0n) is 15.8. The fourth-order valence-electron chi connectivity index (χ4n) is 3.24. The molecule has 0 radical (unpaired) electrons. The molecule has 148 valence electrons. The van der Waals surface area contributed by atoms with E-state index in [-0.39, 0.29) is 18.4 Å². The van der Waals surface area contributed by atoms with Crippen molar-refractivity contribution in [2.75, 3.05) is 45.7 Å². The summed E-state index contributed by atoms with van der Waals surface area (Å²) in [6.45, 7) is 1.59. The van der Waals surface area contributed by atoms with Crippen molar-refractivity contribution >= 4 is 28.1 Å². The molecule has 1 saturated heterocycles. The molecule has 3 rings (SSSR count). The summed E-state index contributed by atoms with van der Waals surface area (Å²) in [5.41, 5.74) is 1.73. The van der Waals surface area contributed by atoms with Crippen LogP contribution >= 0.6 is 12.4 Å². The van der Waals surface area contributed by atoms with Crippen LogP contribution in [0.5, 0.6) is 5.75 Å². The Kier molecular flexibility index (Phi) is 7.11. The van der Waals surface area contributed by atoms with E-state index in [4.69, 9.17) is 4.74 Å². The molecule has 0 bridgehead atoms. The van der Waals surface area contributed by atoms with E-state index in [0.717, 1.165) is 11.3 Å². The second-order valence-corrected chi connectivity index (χ2v) is 8.36. The van der Waals surface area contributed by atoms with Gasteiger partial charge in [-0.25, -0.2) is 8.42 Å². The van der Waals surface area contributed by atoms with Crippen LogP contribution in [0.3, 0.4) is 0 Å². The largest absolute Gasteiger partial charge is 0.496 e. The Morgan fingerprint density at radius 1 is 1.15 bits per heavy atom. The number of halogens is 1. The minimum Gasteiger partial charge on any atom is -0.496 e. The molecule has 1 atom stereocenters. The molecule has 8 heteroatoms. The molecule has 0 amide bonds. The van der Waals surface area contributed by atoms with Crippen LogP contribution in [-0.4, -0.2) is 53.6 Å². The SMILES string of the molecule is COc1ccccc1C1CNCCN1S(=O)(=O)c1cccc(N(C)C)c1.Cl. The minimum absolute atomic E-state index is 0. The Labute approximate surface area is 167 Å². The molecular weight excluding hydrogens is 386 g/mol. The Morgan fingerprint density at radius 2 is 1.89 bits per heavy atom. The summed E-state index contributed by atoms with van der Waals surface area (Å²) >= 11 is 0. The summed E-state index contributed by atoms with van der Waals surface area (Å²) in [6, 6.07) is 14.3. The lowest BCUT2D eigenvalue weighted by atomic mass is 10.0. The van der Waals surface area contributed by atoms with Crippen molar-refractivity contribution in [2.24, 2.45) is 0 Å². The second kappa shape index (κ2) is 8.93. The zero-order chi connectivity index (χ0) is 18.7. The van der Waals surface area contributed by atoms with Gasteiger partial charge >= 0.3 is 0 Å². The van der Waals surface area contributed by atoms with Crippen LogP contribution in [0.15, 0.2) is 53.4 Å². The van der Waals surface area contributed by atoms with E-state index in [1.807, 2.05) is 49.3 Å². The van der Waals surface area contributed by atoms with Crippen LogP contribution in [0.25, 0.3) is 0 Å². The predicted molar refractivity (Wildman–Crippen MR) is 111 cm³/mol. The maximum Gasteiger partial charge on any atom is 0.243 e. The molecule has 1 aliphatic heterocycles. The van der Waals surface area contributed by atoms with E-state index >= 15 is 0 Å². The quantitative estimate of drug-likeness (QED) is 0.819. The number of sulfonamides is 1. The first-order chi connectivity index (χ1) is 12.4. The van der Waals surface area contributed by atoms with Gasteiger partial charge in [0.05, 0.1) is 18.0 Å². The van der Waals surface area contributed by atoms with Gasteiger partial charge < -0.3 is 15.0 Å². The number of anilines is 1. The van der Waals surface area contributed by atoms with E-state index in [1.165, 1.54) is 0 Å². The number of hydrogen-bond acceptors (Lipinski definition) is 5. The Bertz CT molecular complexity index is 874. The highest BCUT2D eigenvalue weighted by atomic mass is 35.5. The average molecular weight is 412 g/mol. The predicted octanol–water partition coefficient (Wildman–Crippen LogP) is 2.52. The van der Waals surface area contributed by atoms with Crippen molar-refractivity contribution in [3.63, 3.8) is 0 Å². The zero-order valence-corrected chi connectivity index (χ0v) is 17.4. The fraction of sp³-hybridized carbons (Fsp3) is 0.368. The van der Waals surface area contributed by atoms with E-state index in [1.54, 1.807) is 29.6 Å². The van der Waals surface area contributed by atoms with Gasteiger partial charge in [-0.2, -0.15) is 4.31 Å². The summed E-state index contributed by atoms with van der Waals surface area (Å²) in [5.74, 6) is 0.698. The van der Waals surface area contributed by atoms with Gasteiger partial charge in [0.2, 0.25) is 10.0 Å². The molecule has 1 unspecified atom stereocenters. The van der Waals surface area contributed by atoms with Gasteiger partial charge in [0, 0.05) is 45.0 Å². The third-order valence-corrected chi connectivity index (χ3v) is 6.54. The van der Waals surface area contributed by atoms with Crippen molar-refractivity contribution in [3.8, 4) is 5.75 Å². The number of nitrogens with zero attached hydrogens (tertiary/aromatic N) is 2. The molecule has 1 fully saturated rings. The molecule has 2 aromatic rings. The van der Waals surface area contributed by atoms with Gasteiger partial charge in [0.15, 0.2) is 0 Å². The van der Waals surface area contributed by atoms with Crippen LogP contribution in [0.4, 0.5) is 5.69 Å². The number of nitrogens with one attached hydrogen (secondary N) is 1. The first kappa shape index (κ1) is 21.5. The summed E-state index contributed by atoms with van der Waals surface area (Å²) in [6.07, 6.45) is 0. The molecule has 1 aliphatic rings. The van der Waals surface area contributed by atoms with Gasteiger partial charge in [-0.05, 0) is 24.3 Å². The molecule has 6 nitrogen and oxygen atoms in total. The van der Waals surface area contributed by atoms with Crippen molar-refractivity contribution in [2.45, 2.75) is 10.9 Å². The summed E-state index contributed by atoms with van der Waals surface area (Å²) in [4.78, 5) is 2.21. The van der Waals surface area contributed by atoms with Gasteiger partial charge in [0.1, 0.15) is 5.75 Å². The van der Waals surface area contributed by atoms with Crippen molar-refractivity contribution in [3.05, 3.63) is 54.1 Å². The number of para-hydroxylation sites is 1. The first-order valence-corrected chi connectivity index (χ1v) is 10.0. The summed E-state index contributed by atoms with van der Waals surface area (Å²) in [7, 11) is 1.77. The van der Waals surface area contributed by atoms with Gasteiger partial charge in [-0.15, -0.1) is 12.4 Å². The molecule has 1 heterocycles. The summed E-state index contributed by atoms with van der Waals surface area (Å²) in [5, 5.41) is 3.30. The van der Waals surface area contributed by atoms with Crippen molar-refractivity contribution < 1.29 is 13.2 Å². The number of piperazine rings is 1. The molecule has 27 heavy (non-hydrogen) atoms. The molecule has 1 N–H and O–H groups in total. The van der Waals surface area contributed by atoms with E-state index in [2.05, 4.69) is 5.32 Å². The molecule has 0 aromatic heterocycles. The Balaban J connectivity index is 0.00000261. The van der Waals surface area contributed by atoms with Crippen LogP contribution in [0.2, 0.25) is 0 Å². The molecule has 0 spiro atoms. The first-order valence-electron chi connectivity index (χ1n) is 8.58. The monoisotopic (exact) mass is 411 g/mol. The van der Waals surface area contributed by atoms with Gasteiger partial charge in [-0.3, -0.25) is 0 Å². The van der Waals surface area contributed by atoms with Crippen LogP contribution < -0.4 is 15.0 Å². The molecule has 0 saturated carbocycles. The lowest BCUT2D eigenvalue weighted by molar-refractivity contribution is 0.264. The number of ether oxygens (including phenoxy) is 1. The molecule has 0 aliphatic carbocycles. The highest BCUT2D eigenvalue weighted by Crippen LogP contribution is 2.34. The molecular formula is C19H26ClN3O3S. The highest BCUT2D eigenvalue weighted by Gasteiger charge is 2.35. The molecule has 2 aromatic carbocycles. The van der Waals surface area contributed by atoms with Crippen LogP contribution in [0, 0.1) is 0 Å². The topological polar surface area (TPSA) is 61.9 Å². The fourth-order valence-corrected chi connectivity index (χ4v) is 4.88. The maximum atomic E-state index is 13.4. The number of methoxy groups -OCH3 is 1. The normalized spacial score (nSPS) is 17.8. The van der Waals surface area contributed by atoms with Crippen LogP contribution in [-0.2, 0) is 10.0 Å². The smallest absolute Gasteiger partial charge is 0.243 e. The van der Waals surface area contributed by atoms with E-state index < -0.39 is 10.0 Å². The van der Waals surface area contributed by atoms with Gasteiger partial charge in [0.25, 0.3) is 0 Å². The second-order valence-electron chi connectivity index (χ2n) is 6.47. The number of benzene rings is 2. The third kappa shape index (κ3) is 4.38. The standard InChI is InChI=1S/C19H25N3O3S.ClH/c1-21(2)15-7-6-8-16(13-15)26(23,24)22-12-11-20-14-18(22)17-9-4-5-10-19(17)25-3;/h4-10,13,18,20H,11-12,14H2,1-3H3;1H. The van der Waals surface area contributed by atoms with E-state index in [0.29, 0.717) is 30.3 Å². The number of hydrogen-bond donors (Lipinski definition) is 1.